The molecule has 0 aliphatic carbocycles. The number of carbonyl (C=O) groups is 2. The Balaban J connectivity index is 1.89. The number of rotatable bonds is 4. The van der Waals surface area contributed by atoms with Crippen LogP contribution >= 0.6 is 23.2 Å². The molecule has 0 saturated heterocycles. The van der Waals surface area contributed by atoms with Crippen molar-refractivity contribution < 1.29 is 14.4 Å². The predicted molar refractivity (Wildman–Crippen MR) is 121 cm³/mol. The molecule has 3 aromatic rings. The summed E-state index contributed by atoms with van der Waals surface area (Å²) < 4.78 is 0. The van der Waals surface area contributed by atoms with E-state index in [1.807, 2.05) is 25.1 Å². The minimum Gasteiger partial charge on any atom is -0.328 e. The van der Waals surface area contributed by atoms with E-state index in [-0.39, 0.29) is 0 Å². The number of nitrogens with zero attached hydrogens (tertiary/aromatic N) is 2. The number of carbonyl (C=O) groups excluding carboxylic acids is 2. The van der Waals surface area contributed by atoms with Crippen molar-refractivity contribution in [2.45, 2.75) is 12.5 Å². The third-order valence-electron chi connectivity index (χ3n) is 5.53. The van der Waals surface area contributed by atoms with Crippen molar-refractivity contribution in [3.05, 3.63) is 99.0 Å². The lowest BCUT2D eigenvalue weighted by atomic mass is 9.82. The number of hydroxylamine groups is 1. The first-order valence-electron chi connectivity index (χ1n) is 9.63. The minimum atomic E-state index is -1.31. The molecule has 0 aromatic heterocycles. The van der Waals surface area contributed by atoms with Crippen LogP contribution in [0.5, 0.6) is 0 Å². The third-order valence-corrected chi connectivity index (χ3v) is 6.10. The molecule has 3 aromatic carbocycles. The monoisotopic (exact) mass is 454 g/mol. The van der Waals surface area contributed by atoms with E-state index in [1.54, 1.807) is 67.5 Å². The zero-order chi connectivity index (χ0) is 22.3. The van der Waals surface area contributed by atoms with Crippen molar-refractivity contribution in [3.8, 4) is 0 Å². The second-order valence-corrected chi connectivity index (χ2v) is 8.38. The zero-order valence-corrected chi connectivity index (χ0v) is 18.7. The summed E-state index contributed by atoms with van der Waals surface area (Å²) in [5.74, 6) is -1.08. The van der Waals surface area contributed by atoms with E-state index >= 15 is 0 Å². The number of hydrogen-bond acceptors (Lipinski definition) is 4. The molecule has 0 fully saturated rings. The van der Waals surface area contributed by atoms with Gasteiger partial charge in [0.2, 0.25) is 0 Å². The highest BCUT2D eigenvalue weighted by molar-refractivity contribution is 6.32. The number of fused-ring (bicyclic) bond motifs is 1. The molecule has 0 saturated carbocycles. The van der Waals surface area contributed by atoms with Gasteiger partial charge in [-0.25, -0.2) is 4.79 Å². The van der Waals surface area contributed by atoms with Crippen LogP contribution in [0.25, 0.3) is 0 Å². The first-order valence-corrected chi connectivity index (χ1v) is 10.4. The molecular weight excluding hydrogens is 435 g/mol. The average molecular weight is 455 g/mol. The van der Waals surface area contributed by atoms with Gasteiger partial charge in [0.1, 0.15) is 0 Å². The molecule has 158 valence electrons. The van der Waals surface area contributed by atoms with E-state index in [1.165, 1.54) is 0 Å². The summed E-state index contributed by atoms with van der Waals surface area (Å²) in [6, 6.07) is 19.2. The summed E-state index contributed by atoms with van der Waals surface area (Å²) in [6.07, 6.45) is 0. The van der Waals surface area contributed by atoms with Crippen molar-refractivity contribution in [1.29, 1.82) is 0 Å². The maximum atomic E-state index is 13.9. The molecule has 1 amide bonds. The minimum absolute atomic E-state index is 0.380. The fourth-order valence-electron chi connectivity index (χ4n) is 4.06. The van der Waals surface area contributed by atoms with E-state index in [2.05, 4.69) is 0 Å². The van der Waals surface area contributed by atoms with E-state index < -0.39 is 17.4 Å². The van der Waals surface area contributed by atoms with Gasteiger partial charge in [0, 0.05) is 21.2 Å². The molecular formula is C24H20Cl2N2O3. The largest absolute Gasteiger partial charge is 0.364 e. The van der Waals surface area contributed by atoms with Crippen LogP contribution in [0, 0.1) is 6.92 Å². The number of amides is 1. The summed E-state index contributed by atoms with van der Waals surface area (Å²) >= 11 is 12.9. The lowest BCUT2D eigenvalue weighted by molar-refractivity contribution is -0.131. The van der Waals surface area contributed by atoms with Crippen LogP contribution < -0.4 is 5.06 Å². The topological polar surface area (TPSA) is 49.9 Å². The first kappa shape index (κ1) is 21.4. The van der Waals surface area contributed by atoms with Gasteiger partial charge >= 0.3 is 5.97 Å². The SMILES string of the molecule is Cc1ccccc1C(=O)ON1C(=O)C(c2ccccc2Cl)(N(C)C)c2cc(Cl)ccc21. The Morgan fingerprint density at radius 1 is 0.968 bits per heavy atom. The molecule has 0 N–H and O–H groups in total. The molecule has 1 atom stereocenters. The predicted octanol–water partition coefficient (Wildman–Crippen LogP) is 5.23. The standard InChI is InChI=1S/C24H20Cl2N2O3/c1-15-8-4-5-9-17(15)22(29)31-28-21-13-12-16(25)14-19(21)24(23(28)30,27(2)3)18-10-6-7-11-20(18)26/h4-14H,1-3H3. The normalized spacial score (nSPS) is 17.7. The van der Waals surface area contributed by atoms with Crippen molar-refractivity contribution in [2.24, 2.45) is 0 Å². The van der Waals surface area contributed by atoms with Gasteiger partial charge in [-0.1, -0.05) is 59.6 Å². The lowest BCUT2D eigenvalue weighted by Gasteiger charge is -2.36. The molecule has 1 aliphatic heterocycles. The number of likely N-dealkylation sites (N-methyl/N-ethyl adjacent to an activating group) is 1. The summed E-state index contributed by atoms with van der Waals surface area (Å²) in [6.45, 7) is 1.81. The number of halogens is 2. The molecule has 0 radical (unpaired) electrons. The van der Waals surface area contributed by atoms with Gasteiger partial charge in [0.25, 0.3) is 5.91 Å². The second-order valence-electron chi connectivity index (χ2n) is 7.54. The highest BCUT2D eigenvalue weighted by Crippen LogP contribution is 2.50. The Labute approximate surface area is 190 Å². The van der Waals surface area contributed by atoms with Crippen LogP contribution in [0.1, 0.15) is 27.0 Å². The van der Waals surface area contributed by atoms with Gasteiger partial charge in [-0.2, -0.15) is 0 Å². The third kappa shape index (κ3) is 3.30. The Morgan fingerprint density at radius 2 is 1.65 bits per heavy atom. The van der Waals surface area contributed by atoms with E-state index in [0.717, 1.165) is 10.6 Å². The highest BCUT2D eigenvalue weighted by Gasteiger charge is 2.56. The van der Waals surface area contributed by atoms with Crippen molar-refractivity contribution in [3.63, 3.8) is 0 Å². The molecule has 31 heavy (non-hydrogen) atoms. The molecule has 5 nitrogen and oxygen atoms in total. The van der Waals surface area contributed by atoms with Gasteiger partial charge in [0.05, 0.1) is 11.3 Å². The van der Waals surface area contributed by atoms with E-state index in [4.69, 9.17) is 28.0 Å². The maximum absolute atomic E-state index is 13.9. The van der Waals surface area contributed by atoms with Crippen molar-refractivity contribution in [1.82, 2.24) is 4.90 Å². The summed E-state index contributed by atoms with van der Waals surface area (Å²) in [5, 5.41) is 1.92. The molecule has 7 heteroatoms. The number of anilines is 1. The van der Waals surface area contributed by atoms with Crippen LogP contribution in [0.2, 0.25) is 10.0 Å². The highest BCUT2D eigenvalue weighted by atomic mass is 35.5. The summed E-state index contributed by atoms with van der Waals surface area (Å²) in [4.78, 5) is 34.3. The van der Waals surface area contributed by atoms with Crippen LogP contribution in [0.4, 0.5) is 5.69 Å². The molecule has 1 unspecified atom stereocenters. The van der Waals surface area contributed by atoms with Gasteiger partial charge < -0.3 is 4.84 Å². The average Bonchev–Trinajstić information content (AvgIpc) is 2.97. The fourth-order valence-corrected chi connectivity index (χ4v) is 4.50. The molecule has 4 rings (SSSR count). The van der Waals surface area contributed by atoms with Gasteiger partial charge in [-0.15, -0.1) is 5.06 Å². The van der Waals surface area contributed by atoms with Crippen molar-refractivity contribution >= 4 is 40.8 Å². The molecule has 0 spiro atoms. The van der Waals surface area contributed by atoms with Gasteiger partial charge in [-0.05, 0) is 56.9 Å². The Hall–Kier alpha value is -2.86. The Bertz CT molecular complexity index is 1190. The summed E-state index contributed by atoms with van der Waals surface area (Å²) in [5.41, 5.74) is 1.41. The van der Waals surface area contributed by atoms with Crippen LogP contribution in [-0.2, 0) is 15.2 Å². The first-order chi connectivity index (χ1) is 14.8. The number of benzene rings is 3. The fraction of sp³-hybridized carbons (Fsp3) is 0.167. The zero-order valence-electron chi connectivity index (χ0n) is 17.2. The number of hydrogen-bond donors (Lipinski definition) is 0. The Morgan fingerprint density at radius 3 is 2.32 bits per heavy atom. The smallest absolute Gasteiger partial charge is 0.328 e. The van der Waals surface area contributed by atoms with Gasteiger partial charge in [0.15, 0.2) is 5.54 Å². The van der Waals surface area contributed by atoms with Crippen molar-refractivity contribution in [2.75, 3.05) is 19.2 Å². The summed E-state index contributed by atoms with van der Waals surface area (Å²) in [7, 11) is 3.55. The number of aryl methyl sites for hydroxylation is 1. The molecule has 1 heterocycles. The second kappa shape index (κ2) is 8.00. The molecule has 0 bridgehead atoms. The van der Waals surface area contributed by atoms with Crippen LogP contribution in [-0.4, -0.2) is 30.9 Å². The van der Waals surface area contributed by atoms with Crippen LogP contribution in [0.15, 0.2) is 66.7 Å². The van der Waals surface area contributed by atoms with Gasteiger partial charge in [-0.3, -0.25) is 9.69 Å². The maximum Gasteiger partial charge on any atom is 0.364 e. The quantitative estimate of drug-likeness (QED) is 0.541. The van der Waals surface area contributed by atoms with E-state index in [9.17, 15) is 9.59 Å². The van der Waals surface area contributed by atoms with Crippen LogP contribution in [0.3, 0.4) is 0 Å². The Kier molecular flexibility index (Phi) is 5.52. The lowest BCUT2D eigenvalue weighted by Crippen LogP contribution is -2.51. The van der Waals surface area contributed by atoms with E-state index in [0.29, 0.717) is 32.4 Å². The molecule has 1 aliphatic rings.